The normalized spacial score (nSPS) is 25.2. The molecule has 1 aliphatic rings. The number of imide groups is 1. The molecule has 16 heavy (non-hydrogen) atoms. The first-order valence-electron chi connectivity index (χ1n) is 5.48. The van der Waals surface area contributed by atoms with Crippen LogP contribution in [0, 0.1) is 0 Å². The molecular formula is C13H15NO2. The van der Waals surface area contributed by atoms with Gasteiger partial charge in [-0.1, -0.05) is 37.3 Å². The third-order valence-corrected chi connectivity index (χ3v) is 3.47. The first-order chi connectivity index (χ1) is 7.62. The molecular weight excluding hydrogens is 202 g/mol. The fraction of sp³-hybridized carbons (Fsp3) is 0.385. The van der Waals surface area contributed by atoms with E-state index in [1.807, 2.05) is 37.3 Å². The summed E-state index contributed by atoms with van der Waals surface area (Å²) in [6.45, 7) is 1.96. The lowest BCUT2D eigenvalue weighted by atomic mass is 9.77. The number of hydrogen-bond acceptors (Lipinski definition) is 2. The smallest absolute Gasteiger partial charge is 0.240 e. The van der Waals surface area contributed by atoms with Gasteiger partial charge >= 0.3 is 0 Å². The summed E-state index contributed by atoms with van der Waals surface area (Å²) < 4.78 is 0. The predicted molar refractivity (Wildman–Crippen MR) is 60.8 cm³/mol. The largest absolute Gasteiger partial charge is 0.285 e. The minimum atomic E-state index is -0.632. The number of hydrogen-bond donors (Lipinski definition) is 0. The highest BCUT2D eigenvalue weighted by atomic mass is 16.2. The van der Waals surface area contributed by atoms with Gasteiger partial charge in [0.25, 0.3) is 0 Å². The van der Waals surface area contributed by atoms with Crippen LogP contribution in [0.4, 0.5) is 0 Å². The molecule has 3 heteroatoms. The maximum atomic E-state index is 12.2. The van der Waals surface area contributed by atoms with Gasteiger partial charge in [0.1, 0.15) is 0 Å². The predicted octanol–water partition coefficient (Wildman–Crippen LogP) is 1.72. The van der Waals surface area contributed by atoms with Crippen LogP contribution in [0.3, 0.4) is 0 Å². The highest BCUT2D eigenvalue weighted by Crippen LogP contribution is 2.38. The van der Waals surface area contributed by atoms with E-state index in [1.54, 1.807) is 7.05 Å². The average Bonchev–Trinajstić information content (AvgIpc) is 2.55. The minimum absolute atomic E-state index is 0.0776. The van der Waals surface area contributed by atoms with Crippen LogP contribution in [0.15, 0.2) is 30.3 Å². The Morgan fingerprint density at radius 1 is 1.25 bits per heavy atom. The van der Waals surface area contributed by atoms with Gasteiger partial charge in [-0.2, -0.15) is 0 Å². The zero-order valence-electron chi connectivity index (χ0n) is 9.56. The molecule has 1 aromatic rings. The second kappa shape index (κ2) is 3.74. The molecule has 1 heterocycles. The van der Waals surface area contributed by atoms with E-state index in [2.05, 4.69) is 0 Å². The van der Waals surface area contributed by atoms with Crippen LogP contribution in [-0.4, -0.2) is 23.8 Å². The number of benzene rings is 1. The second-order valence-corrected chi connectivity index (χ2v) is 4.24. The van der Waals surface area contributed by atoms with E-state index in [-0.39, 0.29) is 11.8 Å². The number of rotatable bonds is 2. The Balaban J connectivity index is 2.50. The van der Waals surface area contributed by atoms with Crippen LogP contribution in [0.25, 0.3) is 0 Å². The van der Waals surface area contributed by atoms with Crippen molar-refractivity contribution in [1.82, 2.24) is 4.90 Å². The molecule has 3 nitrogen and oxygen atoms in total. The molecule has 1 fully saturated rings. The van der Waals surface area contributed by atoms with Crippen molar-refractivity contribution >= 4 is 11.8 Å². The fourth-order valence-electron chi connectivity index (χ4n) is 2.35. The summed E-state index contributed by atoms with van der Waals surface area (Å²) in [6.07, 6.45) is 0.953. The van der Waals surface area contributed by atoms with Crippen molar-refractivity contribution in [3.63, 3.8) is 0 Å². The van der Waals surface area contributed by atoms with E-state index in [9.17, 15) is 9.59 Å². The lowest BCUT2D eigenvalue weighted by molar-refractivity contribution is -0.138. The standard InChI is InChI=1S/C13H15NO2/c1-3-13(10-7-5-4-6-8-10)9-11(15)14(2)12(13)16/h4-8H,3,9H2,1-2H3. The van der Waals surface area contributed by atoms with Crippen LogP contribution >= 0.6 is 0 Å². The molecule has 1 aliphatic heterocycles. The molecule has 0 bridgehead atoms. The molecule has 1 aromatic carbocycles. The molecule has 0 radical (unpaired) electrons. The third kappa shape index (κ3) is 1.35. The van der Waals surface area contributed by atoms with Crippen molar-refractivity contribution in [1.29, 1.82) is 0 Å². The Kier molecular flexibility index (Phi) is 2.54. The Hall–Kier alpha value is -1.64. The van der Waals surface area contributed by atoms with Gasteiger partial charge in [-0.25, -0.2) is 0 Å². The van der Waals surface area contributed by atoms with Crippen LogP contribution < -0.4 is 0 Å². The number of amides is 2. The summed E-state index contributed by atoms with van der Waals surface area (Å²) in [4.78, 5) is 25.1. The van der Waals surface area contributed by atoms with Gasteiger partial charge in [0.05, 0.1) is 5.41 Å². The highest BCUT2D eigenvalue weighted by Gasteiger charge is 2.49. The van der Waals surface area contributed by atoms with Crippen molar-refractivity contribution in [3.05, 3.63) is 35.9 Å². The van der Waals surface area contributed by atoms with E-state index in [0.717, 1.165) is 5.56 Å². The van der Waals surface area contributed by atoms with Gasteiger partial charge < -0.3 is 0 Å². The summed E-state index contributed by atoms with van der Waals surface area (Å²) in [6, 6.07) is 9.57. The topological polar surface area (TPSA) is 37.4 Å². The van der Waals surface area contributed by atoms with E-state index in [4.69, 9.17) is 0 Å². The quantitative estimate of drug-likeness (QED) is 0.707. The molecule has 0 saturated carbocycles. The van der Waals surface area contributed by atoms with Crippen LogP contribution in [0.1, 0.15) is 25.3 Å². The number of likely N-dealkylation sites (tertiary alicyclic amines) is 1. The maximum absolute atomic E-state index is 12.2. The Morgan fingerprint density at radius 2 is 1.88 bits per heavy atom. The van der Waals surface area contributed by atoms with Crippen molar-refractivity contribution < 1.29 is 9.59 Å². The van der Waals surface area contributed by atoms with Gasteiger partial charge in [-0.05, 0) is 12.0 Å². The van der Waals surface area contributed by atoms with E-state index < -0.39 is 5.41 Å². The van der Waals surface area contributed by atoms with Gasteiger partial charge in [0.15, 0.2) is 0 Å². The highest BCUT2D eigenvalue weighted by molar-refractivity contribution is 6.08. The number of likely N-dealkylation sites (N-methyl/N-ethyl adjacent to an activating group) is 1. The molecule has 2 amide bonds. The van der Waals surface area contributed by atoms with E-state index >= 15 is 0 Å². The molecule has 0 N–H and O–H groups in total. The van der Waals surface area contributed by atoms with Gasteiger partial charge in [-0.15, -0.1) is 0 Å². The first-order valence-corrected chi connectivity index (χ1v) is 5.48. The third-order valence-electron chi connectivity index (χ3n) is 3.47. The summed E-state index contributed by atoms with van der Waals surface area (Å²) in [5.41, 5.74) is 0.313. The minimum Gasteiger partial charge on any atom is -0.285 e. The van der Waals surface area contributed by atoms with Crippen LogP contribution in [0.2, 0.25) is 0 Å². The van der Waals surface area contributed by atoms with E-state index in [1.165, 1.54) is 4.90 Å². The fourth-order valence-corrected chi connectivity index (χ4v) is 2.35. The number of carbonyl (C=O) groups is 2. The summed E-state index contributed by atoms with van der Waals surface area (Å²) in [5, 5.41) is 0. The molecule has 2 rings (SSSR count). The summed E-state index contributed by atoms with van der Waals surface area (Å²) in [7, 11) is 1.56. The molecule has 84 valence electrons. The first kappa shape index (κ1) is 10.9. The lowest BCUT2D eigenvalue weighted by Crippen LogP contribution is -2.36. The van der Waals surface area contributed by atoms with Gasteiger partial charge in [0.2, 0.25) is 11.8 Å². The van der Waals surface area contributed by atoms with Crippen molar-refractivity contribution in [2.45, 2.75) is 25.2 Å². The zero-order valence-corrected chi connectivity index (χ0v) is 9.56. The molecule has 0 aromatic heterocycles. The zero-order chi connectivity index (χ0) is 11.8. The van der Waals surface area contributed by atoms with Crippen LogP contribution in [-0.2, 0) is 15.0 Å². The van der Waals surface area contributed by atoms with E-state index in [0.29, 0.717) is 12.8 Å². The Labute approximate surface area is 95.1 Å². The molecule has 0 aliphatic carbocycles. The second-order valence-electron chi connectivity index (χ2n) is 4.24. The molecule has 1 unspecified atom stereocenters. The monoisotopic (exact) mass is 217 g/mol. The van der Waals surface area contributed by atoms with Gasteiger partial charge in [-0.3, -0.25) is 14.5 Å². The number of carbonyl (C=O) groups excluding carboxylic acids is 2. The Morgan fingerprint density at radius 3 is 2.31 bits per heavy atom. The van der Waals surface area contributed by atoms with Crippen molar-refractivity contribution in [3.8, 4) is 0 Å². The average molecular weight is 217 g/mol. The van der Waals surface area contributed by atoms with Crippen molar-refractivity contribution in [2.24, 2.45) is 0 Å². The molecule has 1 saturated heterocycles. The Bertz CT molecular complexity index is 427. The maximum Gasteiger partial charge on any atom is 0.240 e. The molecule has 0 spiro atoms. The molecule has 1 atom stereocenters. The van der Waals surface area contributed by atoms with Crippen molar-refractivity contribution in [2.75, 3.05) is 7.05 Å². The summed E-state index contributed by atoms with van der Waals surface area (Å²) >= 11 is 0. The lowest BCUT2D eigenvalue weighted by Gasteiger charge is -2.24. The summed E-state index contributed by atoms with van der Waals surface area (Å²) in [5.74, 6) is -0.165. The van der Waals surface area contributed by atoms with Gasteiger partial charge in [0, 0.05) is 13.5 Å². The van der Waals surface area contributed by atoms with Crippen LogP contribution in [0.5, 0.6) is 0 Å². The number of nitrogens with zero attached hydrogens (tertiary/aromatic N) is 1. The SMILES string of the molecule is CCC1(c2ccccc2)CC(=O)N(C)C1=O.